The van der Waals surface area contributed by atoms with Crippen molar-refractivity contribution in [3.05, 3.63) is 23.8 Å². The summed E-state index contributed by atoms with van der Waals surface area (Å²) in [6, 6.07) is 0. The van der Waals surface area contributed by atoms with Crippen LogP contribution in [0.3, 0.4) is 0 Å². The summed E-state index contributed by atoms with van der Waals surface area (Å²) in [5.74, 6) is 0.873. The van der Waals surface area contributed by atoms with Crippen LogP contribution in [0.2, 0.25) is 0 Å². The zero-order valence-corrected chi connectivity index (χ0v) is 14.6. The minimum absolute atomic E-state index is 0.00465. The van der Waals surface area contributed by atoms with Gasteiger partial charge in [-0.05, 0) is 67.3 Å². The maximum atomic E-state index is 12.5. The summed E-state index contributed by atoms with van der Waals surface area (Å²) in [5.41, 5.74) is 1.64. The van der Waals surface area contributed by atoms with E-state index in [2.05, 4.69) is 27.4 Å². The highest BCUT2D eigenvalue weighted by molar-refractivity contribution is 5.96. The Bertz CT molecular complexity index is 563. The number of rotatable bonds is 2. The summed E-state index contributed by atoms with van der Waals surface area (Å²) in [5, 5.41) is 20.4. The first-order valence-corrected chi connectivity index (χ1v) is 8.90. The highest BCUT2D eigenvalue weighted by Crippen LogP contribution is 2.65. The van der Waals surface area contributed by atoms with Crippen molar-refractivity contribution in [2.24, 2.45) is 28.6 Å². The van der Waals surface area contributed by atoms with Crippen molar-refractivity contribution < 1.29 is 15.0 Å². The van der Waals surface area contributed by atoms with Crippen molar-refractivity contribution in [3.8, 4) is 0 Å². The number of allylic oxidation sites excluding steroid dienone is 1. The fraction of sp³-hybridized carbons (Fsp3) is 0.750. The van der Waals surface area contributed by atoms with Gasteiger partial charge < -0.3 is 10.2 Å². The van der Waals surface area contributed by atoms with Gasteiger partial charge in [0.25, 0.3) is 0 Å². The molecule has 0 bridgehead atoms. The number of hydrogen-bond acceptors (Lipinski definition) is 3. The molecule has 2 N–H and O–H groups in total. The summed E-state index contributed by atoms with van der Waals surface area (Å²) in [7, 11) is 0. The van der Waals surface area contributed by atoms with Crippen molar-refractivity contribution in [2.45, 2.75) is 59.0 Å². The van der Waals surface area contributed by atoms with Gasteiger partial charge in [-0.3, -0.25) is 4.79 Å². The van der Waals surface area contributed by atoms with Crippen molar-refractivity contribution in [3.63, 3.8) is 0 Å². The van der Waals surface area contributed by atoms with Gasteiger partial charge >= 0.3 is 0 Å². The summed E-state index contributed by atoms with van der Waals surface area (Å²) < 4.78 is 0. The van der Waals surface area contributed by atoms with E-state index in [4.69, 9.17) is 0 Å². The van der Waals surface area contributed by atoms with Crippen LogP contribution in [0.5, 0.6) is 0 Å². The lowest BCUT2D eigenvalue weighted by Crippen LogP contribution is -2.51. The predicted octanol–water partition coefficient (Wildman–Crippen LogP) is 3.26. The molecule has 128 valence electrons. The van der Waals surface area contributed by atoms with Crippen LogP contribution in [-0.4, -0.2) is 28.7 Å². The van der Waals surface area contributed by atoms with Gasteiger partial charge in [-0.1, -0.05) is 26.0 Å². The van der Waals surface area contributed by atoms with Gasteiger partial charge in [-0.25, -0.2) is 0 Å². The molecule has 23 heavy (non-hydrogen) atoms. The van der Waals surface area contributed by atoms with E-state index in [0.717, 1.165) is 19.3 Å². The second-order valence-corrected chi connectivity index (χ2v) is 8.79. The molecule has 3 heteroatoms. The molecule has 0 aromatic heterocycles. The zero-order chi connectivity index (χ0) is 17.0. The normalized spacial score (nSPS) is 46.7. The third-order valence-corrected chi connectivity index (χ3v) is 7.19. The lowest BCUT2D eigenvalue weighted by molar-refractivity contribution is -0.124. The highest BCUT2D eigenvalue weighted by Gasteiger charge is 2.59. The standard InChI is InChI=1S/C20H30O3/c1-12(2)14-5-6-19(3)7-8-20(4)10-16(23)13(11-21)9-15(22)18(20)17(14)19/h9,14-15,17-18,21-22H,1,5-8,10-11H2,2-4H3/t14-,15-,17+,18+,19+,20-/m1/s1. The van der Waals surface area contributed by atoms with Crippen LogP contribution in [0, 0.1) is 28.6 Å². The van der Waals surface area contributed by atoms with E-state index < -0.39 is 6.10 Å². The molecule has 0 saturated heterocycles. The molecule has 0 spiro atoms. The molecular weight excluding hydrogens is 288 g/mol. The Morgan fingerprint density at radius 3 is 2.52 bits per heavy atom. The van der Waals surface area contributed by atoms with Crippen molar-refractivity contribution >= 4 is 5.78 Å². The van der Waals surface area contributed by atoms with Gasteiger partial charge in [0, 0.05) is 12.0 Å². The fourth-order valence-corrected chi connectivity index (χ4v) is 5.87. The van der Waals surface area contributed by atoms with Gasteiger partial charge in [0.05, 0.1) is 12.7 Å². The molecule has 0 aromatic rings. The molecule has 0 radical (unpaired) electrons. The van der Waals surface area contributed by atoms with Crippen LogP contribution < -0.4 is 0 Å². The minimum atomic E-state index is -0.654. The Labute approximate surface area is 139 Å². The number of carbonyl (C=O) groups is 1. The molecule has 3 nitrogen and oxygen atoms in total. The molecule has 0 aromatic carbocycles. The van der Waals surface area contributed by atoms with Gasteiger partial charge in [-0.15, -0.1) is 0 Å². The van der Waals surface area contributed by atoms with E-state index in [-0.39, 0.29) is 29.1 Å². The van der Waals surface area contributed by atoms with Gasteiger partial charge in [-0.2, -0.15) is 0 Å². The van der Waals surface area contributed by atoms with Crippen molar-refractivity contribution in [1.29, 1.82) is 0 Å². The summed E-state index contributed by atoms with van der Waals surface area (Å²) in [4.78, 5) is 12.5. The number of aliphatic hydroxyl groups is 2. The largest absolute Gasteiger partial charge is 0.392 e. The maximum absolute atomic E-state index is 12.5. The molecule has 2 saturated carbocycles. The third-order valence-electron chi connectivity index (χ3n) is 7.19. The van der Waals surface area contributed by atoms with Gasteiger partial charge in [0.2, 0.25) is 0 Å². The molecule has 0 unspecified atom stereocenters. The van der Waals surface area contributed by atoms with Crippen LogP contribution in [0.25, 0.3) is 0 Å². The molecule has 3 rings (SSSR count). The summed E-state index contributed by atoms with van der Waals surface area (Å²) in [6.07, 6.45) is 5.83. The third kappa shape index (κ3) is 2.53. The molecule has 0 heterocycles. The topological polar surface area (TPSA) is 57.5 Å². The van der Waals surface area contributed by atoms with Gasteiger partial charge in [0.15, 0.2) is 5.78 Å². The molecule has 6 atom stereocenters. The van der Waals surface area contributed by atoms with Crippen molar-refractivity contribution in [2.75, 3.05) is 6.61 Å². The first kappa shape index (κ1) is 16.9. The van der Waals surface area contributed by atoms with Crippen LogP contribution in [-0.2, 0) is 4.79 Å². The Kier molecular flexibility index (Phi) is 4.09. The predicted molar refractivity (Wildman–Crippen MR) is 90.8 cm³/mol. The van der Waals surface area contributed by atoms with Crippen LogP contribution in [0.4, 0.5) is 0 Å². The zero-order valence-electron chi connectivity index (χ0n) is 14.6. The fourth-order valence-electron chi connectivity index (χ4n) is 5.87. The van der Waals surface area contributed by atoms with E-state index in [9.17, 15) is 15.0 Å². The number of fused-ring (bicyclic) bond motifs is 3. The second-order valence-electron chi connectivity index (χ2n) is 8.79. The molecular formula is C20H30O3. The van der Waals surface area contributed by atoms with Crippen LogP contribution in [0.1, 0.15) is 52.9 Å². The lowest BCUT2D eigenvalue weighted by atomic mass is 9.50. The summed E-state index contributed by atoms with van der Waals surface area (Å²) in [6.45, 7) is 10.6. The average molecular weight is 318 g/mol. The number of Topliss-reactive ketones (excluding diaryl/α,β-unsaturated/α-hetero) is 1. The quantitative estimate of drug-likeness (QED) is 0.768. The number of aliphatic hydroxyl groups excluding tert-OH is 2. The average Bonchev–Trinajstić information content (AvgIpc) is 2.77. The molecule has 0 amide bonds. The SMILES string of the molecule is C=C(C)[C@H]1CC[C@@]2(C)CC[C@]3(C)CC(=O)C(CO)=C[C@@H](O)[C@H]3[C@H]12. The number of ketones is 1. The first-order chi connectivity index (χ1) is 10.7. The van der Waals surface area contributed by atoms with E-state index in [1.807, 2.05) is 0 Å². The smallest absolute Gasteiger partial charge is 0.161 e. The monoisotopic (exact) mass is 318 g/mol. The number of carbonyl (C=O) groups excluding carboxylic acids is 1. The molecule has 0 aliphatic heterocycles. The van der Waals surface area contributed by atoms with Crippen LogP contribution in [0.15, 0.2) is 23.8 Å². The Balaban J connectivity index is 2.07. The minimum Gasteiger partial charge on any atom is -0.392 e. The second kappa shape index (κ2) is 5.56. The lowest BCUT2D eigenvalue weighted by Gasteiger charge is -2.54. The number of hydrogen-bond donors (Lipinski definition) is 2. The van der Waals surface area contributed by atoms with E-state index in [1.165, 1.54) is 12.0 Å². The first-order valence-electron chi connectivity index (χ1n) is 8.90. The highest BCUT2D eigenvalue weighted by atomic mass is 16.3. The molecule has 2 fully saturated rings. The Hall–Kier alpha value is -0.930. The Morgan fingerprint density at radius 2 is 1.91 bits per heavy atom. The van der Waals surface area contributed by atoms with Gasteiger partial charge in [0.1, 0.15) is 0 Å². The Morgan fingerprint density at radius 1 is 1.26 bits per heavy atom. The van der Waals surface area contributed by atoms with Crippen LogP contribution >= 0.6 is 0 Å². The molecule has 3 aliphatic carbocycles. The van der Waals surface area contributed by atoms with Crippen molar-refractivity contribution in [1.82, 2.24) is 0 Å². The van der Waals surface area contributed by atoms with E-state index in [0.29, 0.717) is 23.8 Å². The maximum Gasteiger partial charge on any atom is 0.161 e. The summed E-state index contributed by atoms with van der Waals surface area (Å²) >= 11 is 0. The van der Waals surface area contributed by atoms with E-state index >= 15 is 0 Å². The molecule has 3 aliphatic rings. The van der Waals surface area contributed by atoms with E-state index in [1.54, 1.807) is 6.08 Å².